The maximum absolute atomic E-state index is 11.4. The summed E-state index contributed by atoms with van der Waals surface area (Å²) in [4.78, 5) is 11.4. The van der Waals surface area contributed by atoms with Crippen molar-refractivity contribution in [2.24, 2.45) is 5.92 Å². The lowest BCUT2D eigenvalue weighted by Crippen LogP contribution is -2.13. The van der Waals surface area contributed by atoms with E-state index in [2.05, 4.69) is 6.58 Å². The van der Waals surface area contributed by atoms with Gasteiger partial charge in [-0.3, -0.25) is 4.79 Å². The Labute approximate surface area is 72.2 Å². The number of carbonyl (C=O) groups is 1. The molecule has 1 aliphatic rings. The summed E-state index contributed by atoms with van der Waals surface area (Å²) in [6, 6.07) is 0. The Morgan fingerprint density at radius 3 is 2.91 bits per heavy atom. The minimum atomic E-state index is 0.330. The molecule has 0 aliphatic carbocycles. The predicted molar refractivity (Wildman–Crippen MR) is 49.9 cm³/mol. The average Bonchev–Trinajstić information content (AvgIpc) is 2.35. The van der Waals surface area contributed by atoms with E-state index in [1.54, 1.807) is 0 Å². The average molecular weight is 170 g/mol. The van der Waals surface area contributed by atoms with Crippen LogP contribution in [0.25, 0.3) is 0 Å². The second kappa shape index (κ2) is 3.96. The zero-order valence-corrected chi connectivity index (χ0v) is 7.75. The highest BCUT2D eigenvalue weighted by atomic mass is 32.2. The quantitative estimate of drug-likeness (QED) is 0.604. The Bertz CT molecular complexity index is 168. The van der Waals surface area contributed by atoms with Gasteiger partial charge in [-0.15, -0.1) is 0 Å². The van der Waals surface area contributed by atoms with Crippen LogP contribution in [0, 0.1) is 5.92 Å². The van der Waals surface area contributed by atoms with Gasteiger partial charge in [0.15, 0.2) is 0 Å². The number of hydrogen-bond donors (Lipinski definition) is 0. The van der Waals surface area contributed by atoms with Crippen LogP contribution in [0.15, 0.2) is 12.2 Å². The summed E-state index contributed by atoms with van der Waals surface area (Å²) in [5.74, 6) is 2.91. The molecule has 0 N–H and O–H groups in total. The van der Waals surface area contributed by atoms with E-state index in [9.17, 15) is 4.79 Å². The number of hydrogen-bond acceptors (Lipinski definition) is 2. The van der Waals surface area contributed by atoms with Crippen LogP contribution in [-0.2, 0) is 4.79 Å². The molecule has 0 saturated carbocycles. The number of carbonyl (C=O) groups excluding carboxylic acids is 1. The first-order chi connectivity index (χ1) is 5.20. The third kappa shape index (κ3) is 2.70. The molecule has 11 heavy (non-hydrogen) atoms. The number of thioether (sulfide) groups is 1. The van der Waals surface area contributed by atoms with Crippen molar-refractivity contribution in [3.8, 4) is 0 Å². The summed E-state index contributed by atoms with van der Waals surface area (Å²) in [7, 11) is 0. The molecule has 2 heteroatoms. The second-order valence-electron chi connectivity index (χ2n) is 3.16. The molecule has 1 rings (SSSR count). The van der Waals surface area contributed by atoms with Crippen LogP contribution >= 0.6 is 11.8 Å². The molecule has 0 aromatic heterocycles. The van der Waals surface area contributed by atoms with E-state index < -0.39 is 0 Å². The molecule has 0 bridgehead atoms. The molecule has 0 radical (unpaired) electrons. The molecular formula is C9H14OS. The molecule has 0 spiro atoms. The van der Waals surface area contributed by atoms with Crippen LogP contribution in [0.5, 0.6) is 0 Å². The lowest BCUT2D eigenvalue weighted by atomic mass is 9.99. The Hall–Kier alpha value is -0.240. The van der Waals surface area contributed by atoms with Crippen molar-refractivity contribution >= 4 is 17.5 Å². The first-order valence-corrected chi connectivity index (χ1v) is 5.10. The lowest BCUT2D eigenvalue weighted by Gasteiger charge is -2.05. The molecule has 0 amide bonds. The molecule has 1 nitrogen and oxygen atoms in total. The van der Waals surface area contributed by atoms with Gasteiger partial charge in [0.2, 0.25) is 0 Å². The van der Waals surface area contributed by atoms with Crippen LogP contribution in [-0.4, -0.2) is 17.3 Å². The summed E-state index contributed by atoms with van der Waals surface area (Å²) in [5, 5.41) is 0. The monoisotopic (exact) mass is 170 g/mol. The van der Waals surface area contributed by atoms with Crippen molar-refractivity contribution in [2.45, 2.75) is 19.8 Å². The topological polar surface area (TPSA) is 17.1 Å². The Balaban J connectivity index is 2.34. The van der Waals surface area contributed by atoms with Gasteiger partial charge in [0, 0.05) is 18.1 Å². The molecule has 0 aromatic carbocycles. The van der Waals surface area contributed by atoms with Gasteiger partial charge in [0.05, 0.1) is 0 Å². The van der Waals surface area contributed by atoms with Crippen LogP contribution in [0.4, 0.5) is 0 Å². The zero-order chi connectivity index (χ0) is 8.27. The van der Waals surface area contributed by atoms with Crippen molar-refractivity contribution in [2.75, 3.05) is 11.5 Å². The summed E-state index contributed by atoms with van der Waals surface area (Å²) < 4.78 is 0. The third-order valence-electron chi connectivity index (χ3n) is 1.86. The van der Waals surface area contributed by atoms with Crippen LogP contribution in [0.2, 0.25) is 0 Å². The molecule has 0 aromatic rings. The summed E-state index contributed by atoms with van der Waals surface area (Å²) in [5.41, 5.74) is 0.993. The summed E-state index contributed by atoms with van der Waals surface area (Å²) in [6.45, 7) is 5.66. The molecule has 62 valence electrons. The summed E-state index contributed by atoms with van der Waals surface area (Å²) in [6.07, 6.45) is 1.67. The standard InChI is InChI=1S/C9H14OS/c1-7(2)5-9(10)8-3-4-11-6-8/h8H,1,3-6H2,2H3. The molecule has 1 heterocycles. The fourth-order valence-electron chi connectivity index (χ4n) is 1.23. The van der Waals surface area contributed by atoms with Gasteiger partial charge in [-0.05, 0) is 19.1 Å². The van der Waals surface area contributed by atoms with E-state index in [0.29, 0.717) is 18.1 Å². The SMILES string of the molecule is C=C(C)CC(=O)C1CCSC1. The highest BCUT2D eigenvalue weighted by molar-refractivity contribution is 7.99. The third-order valence-corrected chi connectivity index (χ3v) is 3.02. The van der Waals surface area contributed by atoms with E-state index in [4.69, 9.17) is 0 Å². The van der Waals surface area contributed by atoms with E-state index in [0.717, 1.165) is 23.5 Å². The number of Topliss-reactive ketones (excluding diaryl/α,β-unsaturated/α-hetero) is 1. The Morgan fingerprint density at radius 1 is 1.73 bits per heavy atom. The highest BCUT2D eigenvalue weighted by Crippen LogP contribution is 2.25. The first-order valence-electron chi connectivity index (χ1n) is 3.95. The fourth-order valence-corrected chi connectivity index (χ4v) is 2.49. The number of rotatable bonds is 3. The highest BCUT2D eigenvalue weighted by Gasteiger charge is 2.22. The van der Waals surface area contributed by atoms with Crippen molar-refractivity contribution < 1.29 is 4.79 Å². The number of allylic oxidation sites excluding steroid dienone is 1. The minimum absolute atomic E-state index is 0.330. The maximum Gasteiger partial charge on any atom is 0.140 e. The molecule has 1 saturated heterocycles. The fraction of sp³-hybridized carbons (Fsp3) is 0.667. The molecule has 1 aliphatic heterocycles. The molecule has 1 fully saturated rings. The van der Waals surface area contributed by atoms with Crippen LogP contribution in [0.3, 0.4) is 0 Å². The first kappa shape index (κ1) is 8.85. The van der Waals surface area contributed by atoms with Gasteiger partial charge in [-0.2, -0.15) is 11.8 Å². The van der Waals surface area contributed by atoms with E-state index in [-0.39, 0.29) is 0 Å². The van der Waals surface area contributed by atoms with Crippen LogP contribution in [0.1, 0.15) is 19.8 Å². The van der Waals surface area contributed by atoms with Crippen molar-refractivity contribution in [3.63, 3.8) is 0 Å². The zero-order valence-electron chi connectivity index (χ0n) is 6.93. The lowest BCUT2D eigenvalue weighted by molar-refractivity contribution is -0.121. The maximum atomic E-state index is 11.4. The second-order valence-corrected chi connectivity index (χ2v) is 4.31. The van der Waals surface area contributed by atoms with Gasteiger partial charge < -0.3 is 0 Å². The largest absolute Gasteiger partial charge is 0.299 e. The van der Waals surface area contributed by atoms with Crippen molar-refractivity contribution in [3.05, 3.63) is 12.2 Å². The molecular weight excluding hydrogens is 156 g/mol. The van der Waals surface area contributed by atoms with E-state index in [1.807, 2.05) is 18.7 Å². The summed E-state index contributed by atoms with van der Waals surface area (Å²) >= 11 is 1.89. The number of ketones is 1. The van der Waals surface area contributed by atoms with Gasteiger partial charge in [0.1, 0.15) is 5.78 Å². The van der Waals surface area contributed by atoms with E-state index >= 15 is 0 Å². The predicted octanol–water partition coefficient (Wildman–Crippen LogP) is 2.27. The van der Waals surface area contributed by atoms with Gasteiger partial charge in [0.25, 0.3) is 0 Å². The van der Waals surface area contributed by atoms with Crippen molar-refractivity contribution in [1.82, 2.24) is 0 Å². The molecule has 1 unspecified atom stereocenters. The van der Waals surface area contributed by atoms with Gasteiger partial charge in [-0.25, -0.2) is 0 Å². The van der Waals surface area contributed by atoms with Gasteiger partial charge >= 0.3 is 0 Å². The minimum Gasteiger partial charge on any atom is -0.299 e. The van der Waals surface area contributed by atoms with Gasteiger partial charge in [-0.1, -0.05) is 12.2 Å². The van der Waals surface area contributed by atoms with E-state index in [1.165, 1.54) is 0 Å². The Morgan fingerprint density at radius 2 is 2.45 bits per heavy atom. The molecule has 1 atom stereocenters. The van der Waals surface area contributed by atoms with Crippen LogP contribution < -0.4 is 0 Å². The van der Waals surface area contributed by atoms with Crippen molar-refractivity contribution in [1.29, 1.82) is 0 Å². The smallest absolute Gasteiger partial charge is 0.140 e. The Kier molecular flexibility index (Phi) is 3.18. The normalized spacial score (nSPS) is 23.5.